The van der Waals surface area contributed by atoms with Crippen LogP contribution in [-0.4, -0.2) is 19.5 Å². The van der Waals surface area contributed by atoms with E-state index in [1.54, 1.807) is 11.3 Å². The summed E-state index contributed by atoms with van der Waals surface area (Å²) in [6.45, 7) is 0. The lowest BCUT2D eigenvalue weighted by molar-refractivity contribution is 1.08. The second kappa shape index (κ2) is 11.9. The molecule has 0 atom stereocenters. The molecular weight excluding hydrogens is 709 g/mol. The van der Waals surface area contributed by atoms with E-state index in [1.807, 2.05) is 11.3 Å². The fourth-order valence-electron chi connectivity index (χ4n) is 8.25. The van der Waals surface area contributed by atoms with Gasteiger partial charge in [0.2, 0.25) is 0 Å². The molecule has 0 aliphatic heterocycles. The summed E-state index contributed by atoms with van der Waals surface area (Å²) < 4.78 is 7.33. The van der Waals surface area contributed by atoms with Crippen molar-refractivity contribution in [2.75, 3.05) is 0 Å². The quantitative estimate of drug-likeness (QED) is 0.181. The van der Waals surface area contributed by atoms with Gasteiger partial charge in [0.1, 0.15) is 0 Å². The van der Waals surface area contributed by atoms with Crippen molar-refractivity contribution >= 4 is 95.6 Å². The highest BCUT2D eigenvalue weighted by molar-refractivity contribution is 7.26. The molecule has 12 rings (SSSR count). The molecule has 0 unspecified atom stereocenters. The zero-order valence-corrected chi connectivity index (χ0v) is 30.9. The maximum absolute atomic E-state index is 5.29. The number of nitrogens with zero attached hydrogens (tertiary/aromatic N) is 4. The smallest absolute Gasteiger partial charge is 0.165 e. The summed E-state index contributed by atoms with van der Waals surface area (Å²) in [6.07, 6.45) is 0. The molecule has 0 saturated carbocycles. The first-order valence-corrected chi connectivity index (χ1v) is 20.0. The molecule has 256 valence electrons. The first kappa shape index (κ1) is 30.7. The van der Waals surface area contributed by atoms with Crippen LogP contribution in [0.1, 0.15) is 0 Å². The van der Waals surface area contributed by atoms with Crippen LogP contribution in [0.25, 0.3) is 113 Å². The molecule has 0 amide bonds. The molecular formula is C49H28N4S2. The summed E-state index contributed by atoms with van der Waals surface area (Å²) in [6, 6.07) is 60.8. The minimum atomic E-state index is 0.651. The van der Waals surface area contributed by atoms with Gasteiger partial charge in [-0.2, -0.15) is 0 Å². The van der Waals surface area contributed by atoms with Crippen LogP contribution in [-0.2, 0) is 0 Å². The Labute approximate surface area is 323 Å². The summed E-state index contributed by atoms with van der Waals surface area (Å²) in [5.41, 5.74) is 6.37. The Morgan fingerprint density at radius 3 is 1.80 bits per heavy atom. The number of para-hydroxylation sites is 1. The third kappa shape index (κ3) is 4.79. The number of rotatable bonds is 4. The maximum Gasteiger partial charge on any atom is 0.165 e. The van der Waals surface area contributed by atoms with Gasteiger partial charge in [-0.05, 0) is 83.6 Å². The van der Waals surface area contributed by atoms with Gasteiger partial charge in [0.15, 0.2) is 17.5 Å². The minimum Gasteiger partial charge on any atom is -0.309 e. The van der Waals surface area contributed by atoms with Crippen LogP contribution in [0.3, 0.4) is 0 Å². The molecule has 4 heterocycles. The highest BCUT2D eigenvalue weighted by Gasteiger charge is 2.19. The van der Waals surface area contributed by atoms with Gasteiger partial charge in [-0.25, -0.2) is 15.0 Å². The molecule has 6 heteroatoms. The number of thiophene rings is 2. The van der Waals surface area contributed by atoms with Gasteiger partial charge < -0.3 is 4.57 Å². The van der Waals surface area contributed by atoms with Crippen LogP contribution in [0.5, 0.6) is 0 Å². The van der Waals surface area contributed by atoms with Gasteiger partial charge in [0, 0.05) is 73.5 Å². The van der Waals surface area contributed by atoms with Crippen LogP contribution in [0.15, 0.2) is 170 Å². The Morgan fingerprint density at radius 2 is 0.964 bits per heavy atom. The van der Waals surface area contributed by atoms with Gasteiger partial charge in [-0.15, -0.1) is 22.7 Å². The lowest BCUT2D eigenvalue weighted by atomic mass is 10.1. The molecule has 0 spiro atoms. The molecule has 0 N–H and O–H groups in total. The van der Waals surface area contributed by atoms with Gasteiger partial charge in [0.25, 0.3) is 0 Å². The Bertz CT molecular complexity index is 3520. The summed E-state index contributed by atoms with van der Waals surface area (Å²) >= 11 is 3.61. The first-order valence-electron chi connectivity index (χ1n) is 18.3. The van der Waals surface area contributed by atoms with Crippen molar-refractivity contribution in [3.63, 3.8) is 0 Å². The Balaban J connectivity index is 1.09. The molecule has 4 aromatic heterocycles. The van der Waals surface area contributed by atoms with E-state index in [9.17, 15) is 0 Å². The molecule has 55 heavy (non-hydrogen) atoms. The van der Waals surface area contributed by atoms with Crippen molar-refractivity contribution in [1.82, 2.24) is 19.5 Å². The van der Waals surface area contributed by atoms with E-state index in [-0.39, 0.29) is 0 Å². The molecule has 0 aliphatic rings. The van der Waals surface area contributed by atoms with E-state index in [0.29, 0.717) is 17.5 Å². The topological polar surface area (TPSA) is 43.6 Å². The number of aromatic nitrogens is 4. The second-order valence-electron chi connectivity index (χ2n) is 14.0. The second-order valence-corrected chi connectivity index (χ2v) is 16.1. The lowest BCUT2D eigenvalue weighted by Crippen LogP contribution is -2.00. The number of hydrogen-bond donors (Lipinski definition) is 0. The molecule has 0 aliphatic carbocycles. The summed E-state index contributed by atoms with van der Waals surface area (Å²) in [5.74, 6) is 1.98. The molecule has 0 fully saturated rings. The number of hydrogen-bond acceptors (Lipinski definition) is 5. The Hall–Kier alpha value is -6.73. The molecule has 0 bridgehead atoms. The zero-order chi connectivity index (χ0) is 36.0. The van der Waals surface area contributed by atoms with E-state index in [0.717, 1.165) is 38.8 Å². The zero-order valence-electron chi connectivity index (χ0n) is 29.3. The normalized spacial score (nSPS) is 12.0. The maximum atomic E-state index is 5.29. The van der Waals surface area contributed by atoms with E-state index < -0.39 is 0 Å². The number of benzene rings is 8. The van der Waals surface area contributed by atoms with E-state index in [4.69, 9.17) is 15.0 Å². The van der Waals surface area contributed by atoms with Crippen molar-refractivity contribution in [1.29, 1.82) is 0 Å². The molecule has 12 aromatic rings. The van der Waals surface area contributed by atoms with Crippen molar-refractivity contribution in [3.05, 3.63) is 170 Å². The lowest BCUT2D eigenvalue weighted by Gasteiger charge is -2.11. The summed E-state index contributed by atoms with van der Waals surface area (Å²) in [7, 11) is 0. The average molecular weight is 737 g/mol. The predicted octanol–water partition coefficient (Wildman–Crippen LogP) is 13.9. The van der Waals surface area contributed by atoms with Crippen LogP contribution in [0.2, 0.25) is 0 Å². The molecule has 0 saturated heterocycles. The van der Waals surface area contributed by atoms with Gasteiger partial charge in [-0.3, -0.25) is 0 Å². The SMILES string of the molecule is c1ccc2cc(-n3c4ccccc4c4cc(-c5nc(-c6ccc7sc8ccccc8c7c6)nc(-c6cccc7c6sc6ccccc67)n5)ccc43)ccc2c1. The highest BCUT2D eigenvalue weighted by Crippen LogP contribution is 2.41. The Morgan fingerprint density at radius 1 is 0.364 bits per heavy atom. The third-order valence-corrected chi connectivity index (χ3v) is 13.2. The van der Waals surface area contributed by atoms with E-state index >= 15 is 0 Å². The summed E-state index contributed by atoms with van der Waals surface area (Å²) in [4.78, 5) is 15.8. The molecule has 8 aromatic carbocycles. The van der Waals surface area contributed by atoms with Crippen molar-refractivity contribution in [2.24, 2.45) is 0 Å². The summed E-state index contributed by atoms with van der Waals surface area (Å²) in [5, 5.41) is 9.73. The standard InChI is InChI=1S/C49H28N4S2/c1-2-11-30-26-33(23-20-29(30)10-1)53-41-17-6-3-12-34(41)39-27-31(21-24-42(39)53)47-50-48(32-22-25-45-40(28-32)36-14-5-7-18-43(36)54-45)52-49(51-47)38-16-9-15-37-35-13-4-8-19-44(35)55-46(37)38/h1-28H. The van der Waals surface area contributed by atoms with E-state index in [2.05, 4.69) is 174 Å². The van der Waals surface area contributed by atoms with Gasteiger partial charge in [-0.1, -0.05) is 97.1 Å². The van der Waals surface area contributed by atoms with Crippen LogP contribution < -0.4 is 0 Å². The number of fused-ring (bicyclic) bond motifs is 10. The van der Waals surface area contributed by atoms with E-state index in [1.165, 1.54) is 56.5 Å². The monoisotopic (exact) mass is 736 g/mol. The van der Waals surface area contributed by atoms with Gasteiger partial charge >= 0.3 is 0 Å². The molecule has 4 nitrogen and oxygen atoms in total. The van der Waals surface area contributed by atoms with Crippen LogP contribution >= 0.6 is 22.7 Å². The van der Waals surface area contributed by atoms with Gasteiger partial charge in [0.05, 0.1) is 11.0 Å². The predicted molar refractivity (Wildman–Crippen MR) is 234 cm³/mol. The van der Waals surface area contributed by atoms with Crippen molar-refractivity contribution < 1.29 is 0 Å². The fraction of sp³-hybridized carbons (Fsp3) is 0. The third-order valence-electron chi connectivity index (χ3n) is 10.8. The van der Waals surface area contributed by atoms with Crippen molar-refractivity contribution in [3.8, 4) is 39.9 Å². The van der Waals surface area contributed by atoms with Crippen LogP contribution in [0.4, 0.5) is 0 Å². The molecule has 0 radical (unpaired) electrons. The Kier molecular flexibility index (Phi) is 6.64. The van der Waals surface area contributed by atoms with Crippen molar-refractivity contribution in [2.45, 2.75) is 0 Å². The minimum absolute atomic E-state index is 0.651. The largest absolute Gasteiger partial charge is 0.309 e. The average Bonchev–Trinajstić information content (AvgIpc) is 3.92. The van der Waals surface area contributed by atoms with Crippen LogP contribution in [0, 0.1) is 0 Å². The first-order chi connectivity index (χ1) is 27.2. The fourth-order valence-corrected chi connectivity index (χ4v) is 10.5. The highest BCUT2D eigenvalue weighted by atomic mass is 32.1.